The van der Waals surface area contributed by atoms with Gasteiger partial charge in [0.1, 0.15) is 0 Å². The van der Waals surface area contributed by atoms with Crippen LogP contribution in [-0.4, -0.2) is 43.0 Å². The molecule has 4 rings (SSSR count). The highest BCUT2D eigenvalue weighted by Gasteiger charge is 2.14. The van der Waals surface area contributed by atoms with Crippen molar-refractivity contribution in [2.24, 2.45) is 0 Å². The second-order valence-electron chi connectivity index (χ2n) is 7.45. The van der Waals surface area contributed by atoms with Crippen molar-refractivity contribution in [3.8, 4) is 17.2 Å². The Morgan fingerprint density at radius 1 is 0.889 bits per heavy atom. The Balaban J connectivity index is 1.65. The quantitative estimate of drug-likeness (QED) is 0.692. The van der Waals surface area contributed by atoms with Crippen molar-refractivity contribution in [2.45, 2.75) is 13.0 Å². The zero-order valence-corrected chi connectivity index (χ0v) is 15.9. The summed E-state index contributed by atoms with van der Waals surface area (Å²) in [5, 5.41) is 12.2. The molecule has 0 unspecified atom stereocenters. The summed E-state index contributed by atoms with van der Waals surface area (Å²) in [6, 6.07) is 23.5. The molecular formula is C24H25N3. The van der Waals surface area contributed by atoms with E-state index < -0.39 is 0 Å². The van der Waals surface area contributed by atoms with E-state index in [0.717, 1.165) is 42.9 Å². The Bertz CT molecular complexity index is 981. The Kier molecular flexibility index (Phi) is 5.20. The summed E-state index contributed by atoms with van der Waals surface area (Å²) < 4.78 is 0. The van der Waals surface area contributed by atoms with E-state index in [9.17, 15) is 5.26 Å². The smallest absolute Gasteiger partial charge is 0.0998 e. The van der Waals surface area contributed by atoms with E-state index >= 15 is 0 Å². The summed E-state index contributed by atoms with van der Waals surface area (Å²) in [7, 11) is 2.19. The van der Waals surface area contributed by atoms with E-state index in [0.29, 0.717) is 0 Å². The molecule has 3 nitrogen and oxygen atoms in total. The molecule has 1 heterocycles. The fraction of sp³-hybridized carbons (Fsp3) is 0.292. The number of hydrogen-bond donors (Lipinski definition) is 0. The van der Waals surface area contributed by atoms with Crippen LogP contribution in [-0.2, 0) is 6.54 Å². The molecule has 0 bridgehead atoms. The highest BCUT2D eigenvalue weighted by atomic mass is 15.2. The molecule has 0 N–H and O–H groups in total. The van der Waals surface area contributed by atoms with Crippen LogP contribution in [0.1, 0.15) is 17.5 Å². The first-order valence-corrected chi connectivity index (χ1v) is 9.66. The molecule has 0 aromatic heterocycles. The molecule has 0 spiro atoms. The summed E-state index contributed by atoms with van der Waals surface area (Å²) in [5.41, 5.74) is 4.14. The Labute approximate surface area is 161 Å². The number of benzene rings is 3. The molecule has 0 atom stereocenters. The molecule has 3 heteroatoms. The molecule has 0 radical (unpaired) electrons. The van der Waals surface area contributed by atoms with Gasteiger partial charge in [-0.15, -0.1) is 0 Å². The van der Waals surface area contributed by atoms with Gasteiger partial charge in [-0.3, -0.25) is 4.90 Å². The predicted molar refractivity (Wildman–Crippen MR) is 111 cm³/mol. The van der Waals surface area contributed by atoms with Gasteiger partial charge in [-0.25, -0.2) is 0 Å². The largest absolute Gasteiger partial charge is 0.305 e. The van der Waals surface area contributed by atoms with Crippen LogP contribution in [0.5, 0.6) is 0 Å². The van der Waals surface area contributed by atoms with Crippen LogP contribution < -0.4 is 0 Å². The van der Waals surface area contributed by atoms with Crippen LogP contribution in [0.25, 0.3) is 21.9 Å². The zero-order valence-electron chi connectivity index (χ0n) is 15.9. The molecule has 1 saturated heterocycles. The average molecular weight is 355 g/mol. The van der Waals surface area contributed by atoms with Crippen LogP contribution in [0.15, 0.2) is 60.7 Å². The topological polar surface area (TPSA) is 30.3 Å². The third kappa shape index (κ3) is 3.88. The Morgan fingerprint density at radius 2 is 1.74 bits per heavy atom. The molecule has 1 aliphatic rings. The molecule has 0 saturated carbocycles. The second-order valence-corrected chi connectivity index (χ2v) is 7.45. The van der Waals surface area contributed by atoms with Gasteiger partial charge in [-0.2, -0.15) is 5.26 Å². The number of rotatable bonds is 3. The minimum Gasteiger partial charge on any atom is -0.305 e. The summed E-state index contributed by atoms with van der Waals surface area (Å²) in [6.45, 7) is 5.40. The number of nitriles is 1. The van der Waals surface area contributed by atoms with Crippen LogP contribution in [0, 0.1) is 11.3 Å². The maximum atomic E-state index is 9.79. The summed E-state index contributed by atoms with van der Waals surface area (Å²) in [4.78, 5) is 4.89. The van der Waals surface area contributed by atoms with Gasteiger partial charge in [0.25, 0.3) is 0 Å². The molecule has 0 amide bonds. The van der Waals surface area contributed by atoms with Crippen LogP contribution >= 0.6 is 0 Å². The van der Waals surface area contributed by atoms with E-state index in [-0.39, 0.29) is 0 Å². The molecule has 27 heavy (non-hydrogen) atoms. The lowest BCUT2D eigenvalue weighted by Gasteiger charge is -2.20. The molecule has 1 fully saturated rings. The molecule has 3 aromatic carbocycles. The summed E-state index contributed by atoms with van der Waals surface area (Å²) in [5.74, 6) is 0. The highest BCUT2D eigenvalue weighted by Crippen LogP contribution is 2.31. The SMILES string of the molecule is CN1CCCN(Cc2ccc(-c3cccc4ccccc34)c(C#N)c2)CC1. The van der Waals surface area contributed by atoms with E-state index in [1.807, 2.05) is 0 Å². The lowest BCUT2D eigenvalue weighted by molar-refractivity contribution is 0.269. The van der Waals surface area contributed by atoms with Crippen molar-refractivity contribution in [1.82, 2.24) is 9.80 Å². The van der Waals surface area contributed by atoms with E-state index in [1.165, 1.54) is 29.3 Å². The molecule has 136 valence electrons. The summed E-state index contributed by atoms with van der Waals surface area (Å²) in [6.07, 6.45) is 1.20. The molecule has 0 aliphatic carbocycles. The lowest BCUT2D eigenvalue weighted by Crippen LogP contribution is -2.28. The molecular weight excluding hydrogens is 330 g/mol. The lowest BCUT2D eigenvalue weighted by atomic mass is 9.94. The van der Waals surface area contributed by atoms with E-state index in [1.54, 1.807) is 0 Å². The summed E-state index contributed by atoms with van der Waals surface area (Å²) >= 11 is 0. The van der Waals surface area contributed by atoms with E-state index in [4.69, 9.17) is 0 Å². The standard InChI is InChI=1S/C24H25N3/c1-26-12-5-13-27(15-14-26)18-19-10-11-23(21(16-19)17-25)24-9-4-7-20-6-2-3-8-22(20)24/h2-4,6-11,16H,5,12-15,18H2,1H3. The minimum atomic E-state index is 0.760. The number of hydrogen-bond acceptors (Lipinski definition) is 3. The third-order valence-corrected chi connectivity index (χ3v) is 5.50. The second kappa shape index (κ2) is 7.92. The normalized spacial score (nSPS) is 16.1. The van der Waals surface area contributed by atoms with Gasteiger partial charge < -0.3 is 4.90 Å². The number of nitrogens with zero attached hydrogens (tertiary/aromatic N) is 3. The average Bonchev–Trinajstić information content (AvgIpc) is 2.91. The Hall–Kier alpha value is -2.67. The maximum absolute atomic E-state index is 9.79. The molecule has 3 aromatic rings. The van der Waals surface area contributed by atoms with Gasteiger partial charge in [-0.1, -0.05) is 54.6 Å². The first-order valence-electron chi connectivity index (χ1n) is 9.66. The maximum Gasteiger partial charge on any atom is 0.0998 e. The van der Waals surface area contributed by atoms with Crippen molar-refractivity contribution in [3.05, 3.63) is 71.8 Å². The predicted octanol–water partition coefficient (Wildman–Crippen LogP) is 4.52. The number of fused-ring (bicyclic) bond motifs is 1. The van der Waals surface area contributed by atoms with Crippen molar-refractivity contribution < 1.29 is 0 Å². The van der Waals surface area contributed by atoms with Crippen molar-refractivity contribution in [3.63, 3.8) is 0 Å². The van der Waals surface area contributed by atoms with Crippen molar-refractivity contribution >= 4 is 10.8 Å². The fourth-order valence-corrected chi connectivity index (χ4v) is 3.99. The third-order valence-electron chi connectivity index (χ3n) is 5.50. The van der Waals surface area contributed by atoms with Gasteiger partial charge in [0, 0.05) is 25.2 Å². The first-order chi connectivity index (χ1) is 13.2. The van der Waals surface area contributed by atoms with Gasteiger partial charge in [0.2, 0.25) is 0 Å². The minimum absolute atomic E-state index is 0.760. The van der Waals surface area contributed by atoms with Gasteiger partial charge in [0.05, 0.1) is 11.6 Å². The highest BCUT2D eigenvalue weighted by molar-refractivity contribution is 5.97. The monoisotopic (exact) mass is 355 g/mol. The van der Waals surface area contributed by atoms with Gasteiger partial charge in [-0.05, 0) is 54.5 Å². The molecule has 1 aliphatic heterocycles. The Morgan fingerprint density at radius 3 is 2.63 bits per heavy atom. The van der Waals surface area contributed by atoms with Crippen LogP contribution in [0.2, 0.25) is 0 Å². The van der Waals surface area contributed by atoms with Crippen molar-refractivity contribution in [2.75, 3.05) is 33.2 Å². The van der Waals surface area contributed by atoms with Crippen molar-refractivity contribution in [1.29, 1.82) is 5.26 Å². The van der Waals surface area contributed by atoms with Gasteiger partial charge >= 0.3 is 0 Å². The number of likely N-dealkylation sites (N-methyl/N-ethyl adjacent to an activating group) is 1. The first kappa shape index (κ1) is 17.7. The van der Waals surface area contributed by atoms with Gasteiger partial charge in [0.15, 0.2) is 0 Å². The zero-order chi connectivity index (χ0) is 18.6. The van der Waals surface area contributed by atoms with Crippen LogP contribution in [0.4, 0.5) is 0 Å². The van der Waals surface area contributed by atoms with E-state index in [2.05, 4.69) is 83.6 Å². The van der Waals surface area contributed by atoms with Crippen LogP contribution in [0.3, 0.4) is 0 Å². The fourth-order valence-electron chi connectivity index (χ4n) is 3.99.